The first-order valence-electron chi connectivity index (χ1n) is 2.21. The van der Waals surface area contributed by atoms with E-state index in [1.165, 1.54) is 6.92 Å². The van der Waals surface area contributed by atoms with Crippen LogP contribution in [-0.2, 0) is 0 Å². The smallest absolute Gasteiger partial charge is 0.132 e. The zero-order valence-electron chi connectivity index (χ0n) is 5.26. The third kappa shape index (κ3) is 8.43. The van der Waals surface area contributed by atoms with E-state index in [4.69, 9.17) is 11.5 Å². The quantitative estimate of drug-likeness (QED) is 0.647. The summed E-state index contributed by atoms with van der Waals surface area (Å²) >= 11 is 0. The van der Waals surface area contributed by atoms with Gasteiger partial charge in [-0.2, -0.15) is 0 Å². The maximum Gasteiger partial charge on any atom is 0.132 e. The van der Waals surface area contributed by atoms with E-state index in [9.17, 15) is 4.39 Å². The summed E-state index contributed by atoms with van der Waals surface area (Å²) in [5.41, 5.74) is 8.56. The molecule has 0 unspecified atom stereocenters. The molecular weight excluding hydrogens is 166 g/mol. The Morgan fingerprint density at radius 3 is 1.44 bits per heavy atom. The standard InChI is InChI=1S/C4H11FN2.2ClH/c1-4(5,2-6)3-7;;/h2-3,6-7H2,1H3;2*1H. The van der Waals surface area contributed by atoms with E-state index in [0.29, 0.717) is 0 Å². The molecule has 0 aromatic carbocycles. The van der Waals surface area contributed by atoms with E-state index in [0.717, 1.165) is 0 Å². The van der Waals surface area contributed by atoms with E-state index in [1.54, 1.807) is 0 Å². The van der Waals surface area contributed by atoms with Crippen molar-refractivity contribution < 1.29 is 4.39 Å². The molecule has 0 radical (unpaired) electrons. The van der Waals surface area contributed by atoms with Gasteiger partial charge in [-0.15, -0.1) is 24.8 Å². The van der Waals surface area contributed by atoms with Crippen molar-refractivity contribution in [3.63, 3.8) is 0 Å². The Bertz CT molecular complexity index is 54.5. The zero-order valence-corrected chi connectivity index (χ0v) is 6.90. The summed E-state index contributed by atoms with van der Waals surface area (Å²) in [6.45, 7) is 1.39. The molecular formula is C4H13Cl2FN2. The normalized spacial score (nSPS) is 9.33. The molecule has 0 heterocycles. The van der Waals surface area contributed by atoms with Crippen LogP contribution in [0.2, 0.25) is 0 Å². The first kappa shape index (κ1) is 16.2. The van der Waals surface area contributed by atoms with Crippen LogP contribution in [0.4, 0.5) is 4.39 Å². The summed E-state index contributed by atoms with van der Waals surface area (Å²) in [6, 6.07) is 0. The SMILES string of the molecule is CC(F)(CN)CN.Cl.Cl. The second kappa shape index (κ2) is 6.55. The average Bonchev–Trinajstić information content (AvgIpc) is 1.68. The largest absolute Gasteiger partial charge is 0.327 e. The maximum atomic E-state index is 12.3. The Labute approximate surface area is 67.0 Å². The molecule has 0 amide bonds. The van der Waals surface area contributed by atoms with Gasteiger partial charge in [0.05, 0.1) is 0 Å². The number of hydrogen-bond acceptors (Lipinski definition) is 2. The fourth-order valence-corrected chi connectivity index (χ4v) is 0.0833. The lowest BCUT2D eigenvalue weighted by atomic mass is 10.1. The lowest BCUT2D eigenvalue weighted by Crippen LogP contribution is -2.37. The number of hydrogen-bond donors (Lipinski definition) is 2. The summed E-state index contributed by atoms with van der Waals surface area (Å²) < 4.78 is 12.3. The summed E-state index contributed by atoms with van der Waals surface area (Å²) in [5, 5.41) is 0. The van der Waals surface area contributed by atoms with Crippen LogP contribution in [0, 0.1) is 0 Å². The number of nitrogens with two attached hydrogens (primary N) is 2. The van der Waals surface area contributed by atoms with Gasteiger partial charge in [-0.25, -0.2) is 4.39 Å². The monoisotopic (exact) mass is 178 g/mol. The van der Waals surface area contributed by atoms with E-state index in [2.05, 4.69) is 0 Å². The van der Waals surface area contributed by atoms with E-state index >= 15 is 0 Å². The fraction of sp³-hybridized carbons (Fsp3) is 1.00. The molecule has 0 saturated heterocycles. The van der Waals surface area contributed by atoms with Gasteiger partial charge >= 0.3 is 0 Å². The lowest BCUT2D eigenvalue weighted by molar-refractivity contribution is 0.211. The van der Waals surface area contributed by atoms with Crippen LogP contribution >= 0.6 is 24.8 Å². The molecule has 2 nitrogen and oxygen atoms in total. The molecule has 0 aliphatic carbocycles. The average molecular weight is 179 g/mol. The molecule has 0 aromatic rings. The molecule has 0 atom stereocenters. The molecule has 0 aliphatic rings. The van der Waals surface area contributed by atoms with Gasteiger partial charge in [0.15, 0.2) is 0 Å². The van der Waals surface area contributed by atoms with Gasteiger partial charge < -0.3 is 11.5 Å². The van der Waals surface area contributed by atoms with Gasteiger partial charge in [0.2, 0.25) is 0 Å². The fourth-order valence-electron chi connectivity index (χ4n) is 0.0833. The lowest BCUT2D eigenvalue weighted by Gasteiger charge is -2.13. The Hall–Kier alpha value is 0.430. The molecule has 5 heteroatoms. The summed E-state index contributed by atoms with van der Waals surface area (Å²) in [6.07, 6.45) is 0. The summed E-state index contributed by atoms with van der Waals surface area (Å²) in [5.74, 6) is 0. The van der Waals surface area contributed by atoms with Crippen LogP contribution in [0.5, 0.6) is 0 Å². The molecule has 0 aliphatic heterocycles. The second-order valence-electron chi connectivity index (χ2n) is 1.82. The summed E-state index contributed by atoms with van der Waals surface area (Å²) in [4.78, 5) is 0. The molecule has 9 heavy (non-hydrogen) atoms. The highest BCUT2D eigenvalue weighted by Gasteiger charge is 2.16. The molecule has 60 valence electrons. The summed E-state index contributed by atoms with van der Waals surface area (Å²) in [7, 11) is 0. The highest BCUT2D eigenvalue weighted by molar-refractivity contribution is 5.85. The number of halogens is 3. The van der Waals surface area contributed by atoms with Gasteiger partial charge in [0.25, 0.3) is 0 Å². The minimum atomic E-state index is -1.36. The Kier molecular flexibility index (Phi) is 11.8. The predicted octanol–water partition coefficient (Wildman–Crippen LogP) is 0.476. The predicted molar refractivity (Wildman–Crippen MR) is 42.1 cm³/mol. The van der Waals surface area contributed by atoms with Gasteiger partial charge in [0.1, 0.15) is 5.67 Å². The van der Waals surface area contributed by atoms with Crippen molar-refractivity contribution in [3.05, 3.63) is 0 Å². The van der Waals surface area contributed by atoms with E-state index in [1.807, 2.05) is 0 Å². The van der Waals surface area contributed by atoms with Crippen LogP contribution in [-0.4, -0.2) is 18.8 Å². The van der Waals surface area contributed by atoms with Gasteiger partial charge in [0, 0.05) is 13.1 Å². The molecule has 4 N–H and O–H groups in total. The Morgan fingerprint density at radius 1 is 1.22 bits per heavy atom. The zero-order chi connectivity index (χ0) is 5.91. The highest BCUT2D eigenvalue weighted by Crippen LogP contribution is 2.02. The molecule has 0 aromatic heterocycles. The molecule has 0 rings (SSSR count). The molecule has 0 bridgehead atoms. The van der Waals surface area contributed by atoms with Gasteiger partial charge in [-0.3, -0.25) is 0 Å². The Morgan fingerprint density at radius 2 is 1.44 bits per heavy atom. The number of rotatable bonds is 2. The van der Waals surface area contributed by atoms with Crippen LogP contribution in [0.1, 0.15) is 6.92 Å². The van der Waals surface area contributed by atoms with E-state index in [-0.39, 0.29) is 37.9 Å². The van der Waals surface area contributed by atoms with Crippen molar-refractivity contribution in [2.45, 2.75) is 12.6 Å². The van der Waals surface area contributed by atoms with Crippen molar-refractivity contribution in [2.75, 3.05) is 13.1 Å². The molecule has 0 spiro atoms. The van der Waals surface area contributed by atoms with Crippen LogP contribution in [0.15, 0.2) is 0 Å². The van der Waals surface area contributed by atoms with Crippen molar-refractivity contribution in [3.8, 4) is 0 Å². The maximum absolute atomic E-state index is 12.3. The topological polar surface area (TPSA) is 52.0 Å². The van der Waals surface area contributed by atoms with Crippen LogP contribution < -0.4 is 11.5 Å². The van der Waals surface area contributed by atoms with Crippen LogP contribution in [0.3, 0.4) is 0 Å². The minimum absolute atomic E-state index is 0. The molecule has 0 saturated carbocycles. The van der Waals surface area contributed by atoms with Gasteiger partial charge in [-0.1, -0.05) is 0 Å². The molecule has 0 fully saturated rings. The van der Waals surface area contributed by atoms with Crippen molar-refractivity contribution >= 4 is 24.8 Å². The Balaban J connectivity index is -0.000000180. The first-order chi connectivity index (χ1) is 3.12. The second-order valence-corrected chi connectivity index (χ2v) is 1.82. The third-order valence-corrected chi connectivity index (χ3v) is 0.851. The third-order valence-electron chi connectivity index (χ3n) is 0.851. The minimum Gasteiger partial charge on any atom is -0.327 e. The number of alkyl halides is 1. The van der Waals surface area contributed by atoms with E-state index < -0.39 is 5.67 Å². The van der Waals surface area contributed by atoms with Crippen LogP contribution in [0.25, 0.3) is 0 Å². The van der Waals surface area contributed by atoms with Crippen molar-refractivity contribution in [1.29, 1.82) is 0 Å². The van der Waals surface area contributed by atoms with Gasteiger partial charge in [-0.05, 0) is 6.92 Å². The van der Waals surface area contributed by atoms with Crippen molar-refractivity contribution in [1.82, 2.24) is 0 Å². The highest BCUT2D eigenvalue weighted by atomic mass is 35.5. The first-order valence-corrected chi connectivity index (χ1v) is 2.21. The van der Waals surface area contributed by atoms with Crippen molar-refractivity contribution in [2.24, 2.45) is 11.5 Å².